The van der Waals surface area contributed by atoms with Crippen LogP contribution in [0.4, 0.5) is 0 Å². The lowest BCUT2D eigenvalue weighted by Crippen LogP contribution is -2.36. The Morgan fingerprint density at radius 2 is 1.96 bits per heavy atom. The van der Waals surface area contributed by atoms with Crippen molar-refractivity contribution in [2.45, 2.75) is 64.7 Å². The van der Waals surface area contributed by atoms with Gasteiger partial charge >= 0.3 is 0 Å². The Labute approximate surface area is 151 Å². The number of hydrogen-bond acceptors (Lipinski definition) is 4. The van der Waals surface area contributed by atoms with Crippen LogP contribution in [0.1, 0.15) is 64.5 Å². The summed E-state index contributed by atoms with van der Waals surface area (Å²) in [6, 6.07) is 0. The number of oxazole rings is 1. The van der Waals surface area contributed by atoms with Crippen LogP contribution >= 0.6 is 0 Å². The van der Waals surface area contributed by atoms with Crippen LogP contribution in [0.15, 0.2) is 10.7 Å². The Kier molecular flexibility index (Phi) is 5.82. The summed E-state index contributed by atoms with van der Waals surface area (Å²) in [6.07, 6.45) is 8.12. The fraction of sp³-hybridized carbons (Fsp3) is 0.800. The molecule has 2 fully saturated rings. The molecule has 0 aromatic carbocycles. The van der Waals surface area contributed by atoms with Crippen LogP contribution in [0.3, 0.4) is 0 Å². The van der Waals surface area contributed by atoms with Gasteiger partial charge in [0.2, 0.25) is 5.91 Å². The van der Waals surface area contributed by atoms with Crippen LogP contribution in [-0.2, 0) is 16.6 Å². The first-order valence-electron chi connectivity index (χ1n) is 9.87. The molecule has 140 valence electrons. The second-order valence-electron chi connectivity index (χ2n) is 8.70. The predicted molar refractivity (Wildman–Crippen MR) is 98.5 cm³/mol. The molecule has 0 atom stereocenters. The first kappa shape index (κ1) is 18.4. The number of carbonyl (C=O) groups excluding carboxylic acids is 1. The summed E-state index contributed by atoms with van der Waals surface area (Å²) in [5, 5.41) is 0. The summed E-state index contributed by atoms with van der Waals surface area (Å²) < 4.78 is 5.69. The molecule has 1 aromatic heterocycles. The fourth-order valence-corrected chi connectivity index (χ4v) is 3.84. The molecule has 3 rings (SSSR count). The maximum atomic E-state index is 11.6. The average Bonchev–Trinajstić information content (AvgIpc) is 3.18. The number of amides is 1. The molecule has 1 amide bonds. The summed E-state index contributed by atoms with van der Waals surface area (Å²) in [7, 11) is 0. The summed E-state index contributed by atoms with van der Waals surface area (Å²) in [4.78, 5) is 20.9. The number of likely N-dealkylation sites (tertiary alicyclic amines) is 2. The molecule has 5 nitrogen and oxygen atoms in total. The van der Waals surface area contributed by atoms with Crippen LogP contribution in [-0.4, -0.2) is 53.4 Å². The van der Waals surface area contributed by atoms with Gasteiger partial charge in [-0.05, 0) is 51.2 Å². The van der Waals surface area contributed by atoms with Gasteiger partial charge < -0.3 is 14.2 Å². The third-order valence-corrected chi connectivity index (χ3v) is 5.56. The van der Waals surface area contributed by atoms with Crippen molar-refractivity contribution in [3.63, 3.8) is 0 Å². The number of carbonyl (C=O) groups is 1. The standard InChI is InChI=1S/C20H33N3O2/c1-20(2,3)17-15-25-18(21-17)14-16-7-12-22(13-8-16)9-5-11-23-10-4-6-19(23)24/h15-16H,4-14H2,1-3H3. The first-order valence-corrected chi connectivity index (χ1v) is 9.87. The van der Waals surface area contributed by atoms with Crippen LogP contribution < -0.4 is 0 Å². The molecule has 0 saturated carbocycles. The van der Waals surface area contributed by atoms with E-state index in [0.717, 1.165) is 70.0 Å². The van der Waals surface area contributed by atoms with Crippen molar-refractivity contribution in [3.8, 4) is 0 Å². The molecular formula is C20H33N3O2. The molecule has 2 aliphatic rings. The zero-order valence-electron chi connectivity index (χ0n) is 16.1. The molecule has 0 N–H and O–H groups in total. The van der Waals surface area contributed by atoms with E-state index in [1.165, 1.54) is 12.8 Å². The Morgan fingerprint density at radius 1 is 1.20 bits per heavy atom. The van der Waals surface area contributed by atoms with Gasteiger partial charge in [-0.3, -0.25) is 4.79 Å². The Bertz CT molecular complexity index is 568. The van der Waals surface area contributed by atoms with E-state index >= 15 is 0 Å². The highest BCUT2D eigenvalue weighted by molar-refractivity contribution is 5.77. The SMILES string of the molecule is CC(C)(C)c1coc(CC2CCN(CCCN3CCCC3=O)CC2)n1. The highest BCUT2D eigenvalue weighted by Gasteiger charge is 2.24. The molecule has 5 heteroatoms. The van der Waals surface area contributed by atoms with Gasteiger partial charge in [0, 0.05) is 31.3 Å². The number of nitrogens with zero attached hydrogens (tertiary/aromatic N) is 3. The molecule has 2 saturated heterocycles. The largest absolute Gasteiger partial charge is 0.449 e. The third kappa shape index (κ3) is 5.06. The second kappa shape index (κ2) is 7.90. The maximum absolute atomic E-state index is 11.6. The van der Waals surface area contributed by atoms with Crippen LogP contribution in [0.5, 0.6) is 0 Å². The lowest BCUT2D eigenvalue weighted by atomic mass is 9.92. The number of hydrogen-bond donors (Lipinski definition) is 0. The van der Waals surface area contributed by atoms with Gasteiger partial charge in [0.15, 0.2) is 5.89 Å². The van der Waals surface area contributed by atoms with Gasteiger partial charge in [-0.15, -0.1) is 0 Å². The van der Waals surface area contributed by atoms with Gasteiger partial charge in [0.05, 0.1) is 5.69 Å². The second-order valence-corrected chi connectivity index (χ2v) is 8.70. The van der Waals surface area contributed by atoms with Crippen molar-refractivity contribution < 1.29 is 9.21 Å². The Balaban J connectivity index is 1.35. The van der Waals surface area contributed by atoms with Crippen LogP contribution in [0.25, 0.3) is 0 Å². The summed E-state index contributed by atoms with van der Waals surface area (Å²) in [6.45, 7) is 11.8. The minimum Gasteiger partial charge on any atom is -0.449 e. The van der Waals surface area contributed by atoms with E-state index in [4.69, 9.17) is 4.42 Å². The molecule has 0 aliphatic carbocycles. The number of piperidine rings is 1. The molecule has 0 radical (unpaired) electrons. The third-order valence-electron chi connectivity index (χ3n) is 5.56. The zero-order valence-corrected chi connectivity index (χ0v) is 16.1. The van der Waals surface area contributed by atoms with Crippen molar-refractivity contribution in [1.82, 2.24) is 14.8 Å². The molecular weight excluding hydrogens is 314 g/mol. The highest BCUT2D eigenvalue weighted by Crippen LogP contribution is 2.25. The molecule has 2 aliphatic heterocycles. The monoisotopic (exact) mass is 347 g/mol. The van der Waals surface area contributed by atoms with Gasteiger partial charge in [0.1, 0.15) is 6.26 Å². The van der Waals surface area contributed by atoms with E-state index in [1.807, 2.05) is 11.2 Å². The fourth-order valence-electron chi connectivity index (χ4n) is 3.84. The van der Waals surface area contributed by atoms with E-state index in [1.54, 1.807) is 0 Å². The lowest BCUT2D eigenvalue weighted by Gasteiger charge is -2.31. The van der Waals surface area contributed by atoms with Gasteiger partial charge in [-0.2, -0.15) is 0 Å². The molecule has 3 heterocycles. The van der Waals surface area contributed by atoms with E-state index in [-0.39, 0.29) is 5.41 Å². The quantitative estimate of drug-likeness (QED) is 0.793. The first-order chi connectivity index (χ1) is 11.9. The smallest absolute Gasteiger partial charge is 0.222 e. The van der Waals surface area contributed by atoms with Crippen molar-refractivity contribution in [1.29, 1.82) is 0 Å². The number of aromatic nitrogens is 1. The van der Waals surface area contributed by atoms with Gasteiger partial charge in [-0.25, -0.2) is 4.98 Å². The maximum Gasteiger partial charge on any atom is 0.222 e. The average molecular weight is 348 g/mol. The van der Waals surface area contributed by atoms with E-state index in [9.17, 15) is 4.79 Å². The Morgan fingerprint density at radius 3 is 2.56 bits per heavy atom. The highest BCUT2D eigenvalue weighted by atomic mass is 16.3. The van der Waals surface area contributed by atoms with Crippen molar-refractivity contribution in [2.24, 2.45) is 5.92 Å². The van der Waals surface area contributed by atoms with Gasteiger partial charge in [-0.1, -0.05) is 20.8 Å². The molecule has 0 unspecified atom stereocenters. The van der Waals surface area contributed by atoms with Crippen molar-refractivity contribution in [2.75, 3.05) is 32.7 Å². The van der Waals surface area contributed by atoms with Crippen LogP contribution in [0, 0.1) is 5.92 Å². The Hall–Kier alpha value is -1.36. The van der Waals surface area contributed by atoms with Crippen molar-refractivity contribution >= 4 is 5.91 Å². The van der Waals surface area contributed by atoms with E-state index in [0.29, 0.717) is 11.8 Å². The summed E-state index contributed by atoms with van der Waals surface area (Å²) in [5.74, 6) is 1.93. The minimum atomic E-state index is 0.0574. The molecule has 25 heavy (non-hydrogen) atoms. The van der Waals surface area contributed by atoms with E-state index in [2.05, 4.69) is 30.7 Å². The molecule has 0 bridgehead atoms. The summed E-state index contributed by atoms with van der Waals surface area (Å²) in [5.41, 5.74) is 1.11. The normalized spacial score (nSPS) is 20.6. The molecule has 0 spiro atoms. The number of rotatable bonds is 6. The lowest BCUT2D eigenvalue weighted by molar-refractivity contribution is -0.127. The van der Waals surface area contributed by atoms with Crippen molar-refractivity contribution in [3.05, 3.63) is 17.8 Å². The minimum absolute atomic E-state index is 0.0574. The predicted octanol–water partition coefficient (Wildman–Crippen LogP) is 3.24. The van der Waals surface area contributed by atoms with Gasteiger partial charge in [0.25, 0.3) is 0 Å². The molecule has 1 aromatic rings. The van der Waals surface area contributed by atoms with Crippen LogP contribution in [0.2, 0.25) is 0 Å². The zero-order chi connectivity index (χ0) is 17.9. The topological polar surface area (TPSA) is 49.6 Å². The van der Waals surface area contributed by atoms with E-state index < -0.39 is 0 Å². The summed E-state index contributed by atoms with van der Waals surface area (Å²) >= 11 is 0.